The molecule has 0 bridgehead atoms. The number of nitrogens with one attached hydrogen (secondary N) is 1. The molecule has 0 aliphatic heterocycles. The predicted octanol–water partition coefficient (Wildman–Crippen LogP) is 3.46. The lowest BCUT2D eigenvalue weighted by molar-refractivity contribution is -0.123. The fourth-order valence-corrected chi connectivity index (χ4v) is 4.68. The summed E-state index contributed by atoms with van der Waals surface area (Å²) in [6.45, 7) is 7.39. The molecule has 3 aromatic rings. The van der Waals surface area contributed by atoms with E-state index in [4.69, 9.17) is 25.7 Å². The zero-order chi connectivity index (χ0) is 29.1. The number of hydrogen-bond donors (Lipinski definition) is 3. The molecule has 12 heteroatoms. The molecule has 0 radical (unpaired) electrons. The number of nitrogen functional groups attached to an aromatic ring is 1. The molecule has 1 atom stereocenters. The van der Waals surface area contributed by atoms with Crippen molar-refractivity contribution in [1.29, 1.82) is 0 Å². The summed E-state index contributed by atoms with van der Waals surface area (Å²) in [6.07, 6.45) is 0. The summed E-state index contributed by atoms with van der Waals surface area (Å²) in [5.41, 5.74) is 12.2. The average Bonchev–Trinajstić information content (AvgIpc) is 3.27. The maximum Gasteiger partial charge on any atom is 0.273 e. The molecular formula is C27H33N5O6S. The van der Waals surface area contributed by atoms with Crippen LogP contribution >= 0.6 is 11.5 Å². The third-order valence-corrected chi connectivity index (χ3v) is 6.55. The first-order valence-electron chi connectivity index (χ1n) is 11.9. The second-order valence-electron chi connectivity index (χ2n) is 9.75. The van der Waals surface area contributed by atoms with Gasteiger partial charge >= 0.3 is 0 Å². The first-order chi connectivity index (χ1) is 18.3. The van der Waals surface area contributed by atoms with E-state index in [0.29, 0.717) is 28.5 Å². The Bertz CT molecular complexity index is 1360. The predicted molar refractivity (Wildman–Crippen MR) is 150 cm³/mol. The summed E-state index contributed by atoms with van der Waals surface area (Å²) in [6, 6.07) is 9.04. The summed E-state index contributed by atoms with van der Waals surface area (Å²) >= 11 is 0.729. The smallest absolute Gasteiger partial charge is 0.273 e. The summed E-state index contributed by atoms with van der Waals surface area (Å²) in [5, 5.41) is 2.96. The van der Waals surface area contributed by atoms with Crippen LogP contribution in [0.3, 0.4) is 0 Å². The molecule has 1 heterocycles. The minimum absolute atomic E-state index is 0.0367. The van der Waals surface area contributed by atoms with Crippen molar-refractivity contribution >= 4 is 40.6 Å². The van der Waals surface area contributed by atoms with Crippen LogP contribution in [0.25, 0.3) is 0 Å². The zero-order valence-electron chi connectivity index (χ0n) is 22.9. The molecule has 3 rings (SSSR count). The van der Waals surface area contributed by atoms with Gasteiger partial charge in [-0.15, -0.1) is 0 Å². The molecule has 0 aliphatic carbocycles. The number of nitrogens with zero attached hydrogens (tertiary/aromatic N) is 2. The Morgan fingerprint density at radius 3 is 2.00 bits per heavy atom. The van der Waals surface area contributed by atoms with E-state index in [9.17, 15) is 14.4 Å². The molecule has 0 spiro atoms. The van der Waals surface area contributed by atoms with Crippen LogP contribution in [-0.2, 0) is 4.79 Å². The van der Waals surface area contributed by atoms with Crippen molar-refractivity contribution in [2.24, 2.45) is 5.73 Å². The number of amides is 3. The second-order valence-corrected chi connectivity index (χ2v) is 10.5. The van der Waals surface area contributed by atoms with E-state index in [-0.39, 0.29) is 16.3 Å². The number of primary amides is 1. The van der Waals surface area contributed by atoms with Gasteiger partial charge in [-0.2, -0.15) is 4.37 Å². The molecule has 0 unspecified atom stereocenters. The van der Waals surface area contributed by atoms with E-state index in [1.54, 1.807) is 24.3 Å². The van der Waals surface area contributed by atoms with Crippen LogP contribution in [0.4, 0.5) is 11.4 Å². The van der Waals surface area contributed by atoms with Crippen molar-refractivity contribution in [2.75, 3.05) is 32.0 Å². The molecule has 3 amide bonds. The van der Waals surface area contributed by atoms with Crippen LogP contribution in [0.2, 0.25) is 0 Å². The maximum absolute atomic E-state index is 14.2. The van der Waals surface area contributed by atoms with Gasteiger partial charge in [0.15, 0.2) is 17.2 Å². The molecule has 0 saturated carbocycles. The number of aryl methyl sites for hydroxylation is 1. The Balaban J connectivity index is 2.34. The molecule has 0 saturated heterocycles. The van der Waals surface area contributed by atoms with Gasteiger partial charge in [-0.25, -0.2) is 0 Å². The number of ether oxygens (including phenoxy) is 3. The SMILES string of the molecule is COc1cc([C@@H](C(=O)NC(C)(C)C)N(C(=O)c2snc(C(N)=O)c2N)c2ccc(C)cc2)cc(OC)c1OC. The number of carbonyl (C=O) groups excluding carboxylic acids is 3. The highest BCUT2D eigenvalue weighted by atomic mass is 32.1. The Morgan fingerprint density at radius 2 is 1.56 bits per heavy atom. The quantitative estimate of drug-likeness (QED) is 0.362. The Kier molecular flexibility index (Phi) is 8.70. The molecule has 2 aromatic carbocycles. The molecule has 1 aromatic heterocycles. The lowest BCUT2D eigenvalue weighted by Crippen LogP contribution is -2.49. The standard InChI is InChI=1S/C27H33N5O6S/c1-14-8-10-16(11-9-14)32(26(35)23-19(28)20(24(29)33)31-39-23)21(25(34)30-27(2,3)4)15-12-17(36-5)22(38-7)18(13-15)37-6/h8-13,21H,28H2,1-7H3,(H2,29,33)(H,30,34)/t21-/m0/s1. The molecule has 0 fully saturated rings. The van der Waals surface area contributed by atoms with Crippen molar-refractivity contribution in [3.05, 3.63) is 58.1 Å². The highest BCUT2D eigenvalue weighted by molar-refractivity contribution is 7.09. The van der Waals surface area contributed by atoms with Crippen LogP contribution in [0.5, 0.6) is 17.2 Å². The highest BCUT2D eigenvalue weighted by Gasteiger charge is 2.38. The topological polar surface area (TPSA) is 159 Å². The molecule has 208 valence electrons. The van der Waals surface area contributed by atoms with Crippen molar-refractivity contribution in [2.45, 2.75) is 39.3 Å². The number of nitrogens with two attached hydrogens (primary N) is 2. The van der Waals surface area contributed by atoms with Crippen molar-refractivity contribution in [3.63, 3.8) is 0 Å². The first-order valence-corrected chi connectivity index (χ1v) is 12.7. The van der Waals surface area contributed by atoms with Crippen LogP contribution in [0.1, 0.15) is 58.1 Å². The largest absolute Gasteiger partial charge is 0.493 e. The fourth-order valence-electron chi connectivity index (χ4n) is 3.94. The number of aromatic nitrogens is 1. The van der Waals surface area contributed by atoms with Gasteiger partial charge in [0.1, 0.15) is 10.9 Å². The van der Waals surface area contributed by atoms with Gasteiger partial charge in [0.2, 0.25) is 11.7 Å². The molecule has 39 heavy (non-hydrogen) atoms. The normalized spacial score (nSPS) is 11.9. The van der Waals surface area contributed by atoms with Gasteiger partial charge in [0.25, 0.3) is 11.8 Å². The van der Waals surface area contributed by atoms with Crippen LogP contribution in [0, 0.1) is 6.92 Å². The number of rotatable bonds is 9. The Labute approximate surface area is 231 Å². The van der Waals surface area contributed by atoms with E-state index in [0.717, 1.165) is 17.1 Å². The molecule has 0 aliphatic rings. The van der Waals surface area contributed by atoms with E-state index in [1.807, 2.05) is 39.8 Å². The van der Waals surface area contributed by atoms with E-state index in [1.165, 1.54) is 26.2 Å². The van der Waals surface area contributed by atoms with Crippen LogP contribution in [0.15, 0.2) is 36.4 Å². The lowest BCUT2D eigenvalue weighted by atomic mass is 9.99. The first kappa shape index (κ1) is 29.2. The number of hydrogen-bond acceptors (Lipinski definition) is 9. The lowest BCUT2D eigenvalue weighted by Gasteiger charge is -2.34. The summed E-state index contributed by atoms with van der Waals surface area (Å²) < 4.78 is 20.5. The van der Waals surface area contributed by atoms with Gasteiger partial charge in [0.05, 0.1) is 27.0 Å². The van der Waals surface area contributed by atoms with Gasteiger partial charge in [-0.3, -0.25) is 19.3 Å². The summed E-state index contributed by atoms with van der Waals surface area (Å²) in [7, 11) is 4.38. The third-order valence-electron chi connectivity index (χ3n) is 5.69. The number of methoxy groups -OCH3 is 3. The monoisotopic (exact) mass is 555 g/mol. The highest BCUT2D eigenvalue weighted by Crippen LogP contribution is 2.42. The fraction of sp³-hybridized carbons (Fsp3) is 0.333. The Morgan fingerprint density at radius 1 is 1.00 bits per heavy atom. The van der Waals surface area contributed by atoms with Gasteiger partial charge in [-0.1, -0.05) is 17.7 Å². The summed E-state index contributed by atoms with van der Waals surface area (Å²) in [4.78, 5) is 41.3. The molecule has 11 nitrogen and oxygen atoms in total. The van der Waals surface area contributed by atoms with E-state index < -0.39 is 29.3 Å². The average molecular weight is 556 g/mol. The minimum atomic E-state index is -1.23. The Hall–Kier alpha value is -4.32. The van der Waals surface area contributed by atoms with Crippen molar-refractivity contribution in [3.8, 4) is 17.2 Å². The number of benzene rings is 2. The van der Waals surface area contributed by atoms with E-state index in [2.05, 4.69) is 9.69 Å². The number of carbonyl (C=O) groups is 3. The molecule has 5 N–H and O–H groups in total. The third kappa shape index (κ3) is 6.23. The van der Waals surface area contributed by atoms with Gasteiger partial charge in [-0.05, 0) is 69.1 Å². The van der Waals surface area contributed by atoms with Crippen molar-refractivity contribution in [1.82, 2.24) is 9.69 Å². The molecular weight excluding hydrogens is 522 g/mol. The zero-order valence-corrected chi connectivity index (χ0v) is 23.8. The van der Waals surface area contributed by atoms with Gasteiger partial charge < -0.3 is 31.0 Å². The van der Waals surface area contributed by atoms with Crippen LogP contribution < -0.4 is 35.9 Å². The number of anilines is 2. The van der Waals surface area contributed by atoms with Crippen LogP contribution in [-0.4, -0.2) is 49.0 Å². The maximum atomic E-state index is 14.2. The minimum Gasteiger partial charge on any atom is -0.493 e. The van der Waals surface area contributed by atoms with Gasteiger partial charge in [0, 0.05) is 11.2 Å². The van der Waals surface area contributed by atoms with Crippen molar-refractivity contribution < 1.29 is 28.6 Å². The van der Waals surface area contributed by atoms with E-state index >= 15 is 0 Å². The summed E-state index contributed by atoms with van der Waals surface area (Å²) in [5.74, 6) is -1.08. The second kappa shape index (κ2) is 11.6.